The molecule has 6 nitrogen and oxygen atoms in total. The summed E-state index contributed by atoms with van der Waals surface area (Å²) in [6.45, 7) is 0.302. The number of nitro groups is 1. The van der Waals surface area contributed by atoms with E-state index >= 15 is 0 Å². The van der Waals surface area contributed by atoms with Crippen LogP contribution in [-0.4, -0.2) is 29.1 Å². The van der Waals surface area contributed by atoms with E-state index in [4.69, 9.17) is 0 Å². The largest absolute Gasteiger partial charge is 0.396 e. The standard InChI is InChI=1S/C17H18N2O4/c20-11-10-14(13-6-2-1-3-7-13)12-18-17(21)15-8-4-5-9-16(15)19(22)23/h1-9,14,20H,10-12H2,(H,18,21). The van der Waals surface area contributed by atoms with Crippen LogP contribution >= 0.6 is 0 Å². The van der Waals surface area contributed by atoms with Gasteiger partial charge in [0.1, 0.15) is 5.56 Å². The lowest BCUT2D eigenvalue weighted by molar-refractivity contribution is -0.385. The Morgan fingerprint density at radius 3 is 2.43 bits per heavy atom. The Morgan fingerprint density at radius 2 is 1.78 bits per heavy atom. The third-order valence-electron chi connectivity index (χ3n) is 3.60. The molecular formula is C17H18N2O4. The average Bonchev–Trinajstić information content (AvgIpc) is 2.59. The molecule has 0 aliphatic heterocycles. The van der Waals surface area contributed by atoms with Gasteiger partial charge in [0.05, 0.1) is 4.92 Å². The van der Waals surface area contributed by atoms with Gasteiger partial charge in [-0.15, -0.1) is 0 Å². The number of carbonyl (C=O) groups is 1. The highest BCUT2D eigenvalue weighted by molar-refractivity contribution is 5.98. The molecule has 2 aromatic carbocycles. The molecule has 0 fully saturated rings. The van der Waals surface area contributed by atoms with Gasteiger partial charge in [-0.25, -0.2) is 0 Å². The summed E-state index contributed by atoms with van der Waals surface area (Å²) in [5.74, 6) is -0.538. The molecule has 0 aliphatic rings. The van der Waals surface area contributed by atoms with Crippen LogP contribution in [0.2, 0.25) is 0 Å². The van der Waals surface area contributed by atoms with Crippen LogP contribution in [0.3, 0.4) is 0 Å². The number of amides is 1. The van der Waals surface area contributed by atoms with Crippen LogP contribution in [0.15, 0.2) is 54.6 Å². The Balaban J connectivity index is 2.09. The van der Waals surface area contributed by atoms with Crippen LogP contribution in [0.1, 0.15) is 28.3 Å². The maximum atomic E-state index is 12.2. The molecule has 1 unspecified atom stereocenters. The lowest BCUT2D eigenvalue weighted by atomic mass is 9.96. The number of nitrogens with one attached hydrogen (secondary N) is 1. The van der Waals surface area contributed by atoms with Crippen molar-refractivity contribution in [3.63, 3.8) is 0 Å². The van der Waals surface area contributed by atoms with Gasteiger partial charge >= 0.3 is 0 Å². The van der Waals surface area contributed by atoms with Crippen LogP contribution in [-0.2, 0) is 0 Å². The van der Waals surface area contributed by atoms with E-state index in [0.717, 1.165) is 5.56 Å². The number of nitro benzene ring substituents is 1. The molecule has 2 rings (SSSR count). The summed E-state index contributed by atoms with van der Waals surface area (Å²) in [5.41, 5.74) is 0.821. The fraction of sp³-hybridized carbons (Fsp3) is 0.235. The number of aliphatic hydroxyl groups excluding tert-OH is 1. The normalized spacial score (nSPS) is 11.7. The summed E-state index contributed by atoms with van der Waals surface area (Å²) >= 11 is 0. The molecule has 2 aromatic rings. The molecule has 1 amide bonds. The zero-order chi connectivity index (χ0) is 16.7. The molecule has 0 saturated heterocycles. The molecule has 0 spiro atoms. The predicted octanol–water partition coefficient (Wildman–Crippen LogP) is 2.49. The Morgan fingerprint density at radius 1 is 1.13 bits per heavy atom. The fourth-order valence-electron chi connectivity index (χ4n) is 2.40. The number of aliphatic hydroxyl groups is 1. The first-order chi connectivity index (χ1) is 11.1. The molecule has 23 heavy (non-hydrogen) atoms. The van der Waals surface area contributed by atoms with Crippen molar-refractivity contribution in [2.75, 3.05) is 13.2 Å². The number of benzene rings is 2. The van der Waals surface area contributed by atoms with Crippen molar-refractivity contribution in [2.45, 2.75) is 12.3 Å². The molecule has 0 heterocycles. The zero-order valence-electron chi connectivity index (χ0n) is 12.5. The smallest absolute Gasteiger partial charge is 0.282 e. The second kappa shape index (κ2) is 8.05. The monoisotopic (exact) mass is 314 g/mol. The molecular weight excluding hydrogens is 296 g/mol. The van der Waals surface area contributed by atoms with Crippen LogP contribution in [0, 0.1) is 10.1 Å². The lowest BCUT2D eigenvalue weighted by Crippen LogP contribution is -2.29. The Bertz CT molecular complexity index is 673. The number of hydrogen-bond acceptors (Lipinski definition) is 4. The van der Waals surface area contributed by atoms with E-state index in [9.17, 15) is 20.0 Å². The van der Waals surface area contributed by atoms with E-state index in [1.54, 1.807) is 6.07 Å². The summed E-state index contributed by atoms with van der Waals surface area (Å²) in [6, 6.07) is 15.4. The Hall–Kier alpha value is -2.73. The third kappa shape index (κ3) is 4.37. The predicted molar refractivity (Wildman–Crippen MR) is 86.3 cm³/mol. The number of nitrogens with zero attached hydrogens (tertiary/aromatic N) is 1. The minimum absolute atomic E-state index is 0.000909. The highest BCUT2D eigenvalue weighted by Crippen LogP contribution is 2.20. The van der Waals surface area contributed by atoms with Crippen molar-refractivity contribution < 1.29 is 14.8 Å². The molecule has 6 heteroatoms. The summed E-state index contributed by atoms with van der Waals surface area (Å²) in [7, 11) is 0. The number of hydrogen-bond donors (Lipinski definition) is 2. The molecule has 0 aliphatic carbocycles. The topological polar surface area (TPSA) is 92.5 Å². The van der Waals surface area contributed by atoms with Crippen molar-refractivity contribution in [3.05, 3.63) is 75.8 Å². The van der Waals surface area contributed by atoms with Crippen molar-refractivity contribution >= 4 is 11.6 Å². The number of para-hydroxylation sites is 1. The summed E-state index contributed by atoms with van der Waals surface area (Å²) < 4.78 is 0. The molecule has 0 radical (unpaired) electrons. The van der Waals surface area contributed by atoms with Gasteiger partial charge in [0, 0.05) is 25.1 Å². The minimum Gasteiger partial charge on any atom is -0.396 e. The van der Waals surface area contributed by atoms with Gasteiger partial charge in [0.2, 0.25) is 0 Å². The van der Waals surface area contributed by atoms with E-state index in [1.807, 2.05) is 30.3 Å². The first-order valence-corrected chi connectivity index (χ1v) is 7.31. The van der Waals surface area contributed by atoms with Gasteiger partial charge in [0.25, 0.3) is 11.6 Å². The quantitative estimate of drug-likeness (QED) is 0.606. The summed E-state index contributed by atoms with van der Waals surface area (Å²) in [4.78, 5) is 22.6. The highest BCUT2D eigenvalue weighted by atomic mass is 16.6. The molecule has 1 atom stereocenters. The van der Waals surface area contributed by atoms with Crippen LogP contribution < -0.4 is 5.32 Å². The van der Waals surface area contributed by atoms with E-state index in [2.05, 4.69) is 5.32 Å². The maximum absolute atomic E-state index is 12.2. The van der Waals surface area contributed by atoms with Gasteiger partial charge in [-0.2, -0.15) is 0 Å². The molecule has 0 bridgehead atoms. The molecule has 120 valence electrons. The maximum Gasteiger partial charge on any atom is 0.282 e. The summed E-state index contributed by atoms with van der Waals surface area (Å²) in [6.07, 6.45) is 0.501. The third-order valence-corrected chi connectivity index (χ3v) is 3.60. The van der Waals surface area contributed by atoms with E-state index < -0.39 is 10.8 Å². The minimum atomic E-state index is -0.572. The van der Waals surface area contributed by atoms with Gasteiger partial charge in [-0.05, 0) is 18.1 Å². The van der Waals surface area contributed by atoms with Crippen molar-refractivity contribution in [3.8, 4) is 0 Å². The summed E-state index contributed by atoms with van der Waals surface area (Å²) in [5, 5.41) is 22.9. The molecule has 0 aromatic heterocycles. The second-order valence-electron chi connectivity index (χ2n) is 5.10. The molecule has 2 N–H and O–H groups in total. The van der Waals surface area contributed by atoms with E-state index in [0.29, 0.717) is 13.0 Å². The van der Waals surface area contributed by atoms with E-state index in [1.165, 1.54) is 18.2 Å². The van der Waals surface area contributed by atoms with E-state index in [-0.39, 0.29) is 23.8 Å². The van der Waals surface area contributed by atoms with Crippen molar-refractivity contribution in [1.29, 1.82) is 0 Å². The molecule has 0 saturated carbocycles. The lowest BCUT2D eigenvalue weighted by Gasteiger charge is -2.17. The van der Waals surface area contributed by atoms with Crippen LogP contribution in [0.4, 0.5) is 5.69 Å². The van der Waals surface area contributed by atoms with Crippen LogP contribution in [0.25, 0.3) is 0 Å². The second-order valence-corrected chi connectivity index (χ2v) is 5.10. The Kier molecular flexibility index (Phi) is 5.82. The average molecular weight is 314 g/mol. The van der Waals surface area contributed by atoms with Crippen molar-refractivity contribution in [1.82, 2.24) is 5.32 Å². The highest BCUT2D eigenvalue weighted by Gasteiger charge is 2.20. The van der Waals surface area contributed by atoms with Gasteiger partial charge in [0.15, 0.2) is 0 Å². The van der Waals surface area contributed by atoms with Gasteiger partial charge in [-0.3, -0.25) is 14.9 Å². The first-order valence-electron chi connectivity index (χ1n) is 7.31. The Labute approximate surface area is 133 Å². The number of rotatable bonds is 7. The number of carbonyl (C=O) groups excluding carboxylic acids is 1. The fourth-order valence-corrected chi connectivity index (χ4v) is 2.40. The van der Waals surface area contributed by atoms with Crippen molar-refractivity contribution in [2.24, 2.45) is 0 Å². The first kappa shape index (κ1) is 16.6. The SMILES string of the molecule is O=C(NCC(CCO)c1ccccc1)c1ccccc1[N+](=O)[O-]. The zero-order valence-corrected chi connectivity index (χ0v) is 12.5. The van der Waals surface area contributed by atoms with Gasteiger partial charge < -0.3 is 10.4 Å². The van der Waals surface area contributed by atoms with Crippen LogP contribution in [0.5, 0.6) is 0 Å². The van der Waals surface area contributed by atoms with Gasteiger partial charge in [-0.1, -0.05) is 42.5 Å².